The molecule has 0 aromatic rings. The van der Waals surface area contributed by atoms with Crippen LogP contribution in [0.4, 0.5) is 0 Å². The van der Waals surface area contributed by atoms with Gasteiger partial charge in [-0.2, -0.15) is 0 Å². The number of amides is 1. The molecule has 0 atom stereocenters. The minimum absolute atomic E-state index is 0.221. The highest BCUT2D eigenvalue weighted by atomic mass is 35.5. The molecule has 3 nitrogen and oxygen atoms in total. The molecule has 0 saturated heterocycles. The fourth-order valence-electron chi connectivity index (χ4n) is 0.316. The van der Waals surface area contributed by atoms with Gasteiger partial charge in [0.1, 0.15) is 0 Å². The maximum atomic E-state index is 9.97. The highest BCUT2D eigenvalue weighted by Crippen LogP contribution is 1.96. The van der Waals surface area contributed by atoms with Crippen molar-refractivity contribution in [1.29, 1.82) is 0 Å². The van der Waals surface area contributed by atoms with Crippen molar-refractivity contribution in [3.63, 3.8) is 0 Å². The van der Waals surface area contributed by atoms with Crippen LogP contribution in [0.1, 0.15) is 26.2 Å². The summed E-state index contributed by atoms with van der Waals surface area (Å²) < 4.78 is 0. The summed E-state index contributed by atoms with van der Waals surface area (Å²) in [6, 6.07) is 0. The molecule has 0 aromatic carbocycles. The second kappa shape index (κ2) is 11.3. The first kappa shape index (κ1) is 12.1. The van der Waals surface area contributed by atoms with Gasteiger partial charge in [0.15, 0.2) is 0 Å². The number of rotatable bonds is 3. The lowest BCUT2D eigenvalue weighted by molar-refractivity contribution is -0.111. The lowest BCUT2D eigenvalue weighted by Crippen LogP contribution is -1.82. The van der Waals surface area contributed by atoms with E-state index in [2.05, 4.69) is 5.73 Å². The van der Waals surface area contributed by atoms with Gasteiger partial charge in [-0.15, -0.1) is 0 Å². The number of hydrogen-bond acceptors (Lipinski definition) is 2. The molecule has 0 rings (SSSR count). The number of halogens is 1. The van der Waals surface area contributed by atoms with Gasteiger partial charge in [-0.1, -0.05) is 13.3 Å². The topological polar surface area (TPSA) is 60.2 Å². The standard InChI is InChI=1S/C5H9ClO.CH3NO/c1-2-3-4-5(6)7;2-1-3/h2-4H2,1H3;1H,(H2,2,3). The van der Waals surface area contributed by atoms with E-state index in [0.717, 1.165) is 12.8 Å². The van der Waals surface area contributed by atoms with Crippen LogP contribution in [-0.4, -0.2) is 11.7 Å². The van der Waals surface area contributed by atoms with Crippen LogP contribution in [0.3, 0.4) is 0 Å². The first-order valence-corrected chi connectivity index (χ1v) is 3.40. The molecule has 0 unspecified atom stereocenters. The Kier molecular flexibility index (Phi) is 13.7. The molecule has 0 radical (unpaired) electrons. The summed E-state index contributed by atoms with van der Waals surface area (Å²) in [5.74, 6) is 0. The van der Waals surface area contributed by atoms with Crippen molar-refractivity contribution >= 4 is 23.3 Å². The molecule has 0 bridgehead atoms. The number of unbranched alkanes of at least 4 members (excludes halogenated alkanes) is 1. The largest absolute Gasteiger partial charge is 0.372 e. The second-order valence-corrected chi connectivity index (χ2v) is 2.02. The van der Waals surface area contributed by atoms with Gasteiger partial charge in [0.2, 0.25) is 11.7 Å². The normalized spacial score (nSPS) is 7.40. The second-order valence-electron chi connectivity index (χ2n) is 1.59. The Balaban J connectivity index is 0. The minimum Gasteiger partial charge on any atom is -0.372 e. The summed E-state index contributed by atoms with van der Waals surface area (Å²) in [7, 11) is 0. The first-order valence-electron chi connectivity index (χ1n) is 3.02. The van der Waals surface area contributed by atoms with Crippen LogP contribution < -0.4 is 5.73 Å². The van der Waals surface area contributed by atoms with E-state index >= 15 is 0 Å². The van der Waals surface area contributed by atoms with E-state index in [1.807, 2.05) is 6.92 Å². The fourth-order valence-corrected chi connectivity index (χ4v) is 0.449. The van der Waals surface area contributed by atoms with E-state index in [9.17, 15) is 4.79 Å². The molecule has 0 aliphatic rings. The van der Waals surface area contributed by atoms with Crippen LogP contribution in [0.5, 0.6) is 0 Å². The molecule has 0 aliphatic heterocycles. The molecule has 0 fully saturated rings. The Morgan fingerprint density at radius 1 is 1.70 bits per heavy atom. The number of hydrogen-bond donors (Lipinski definition) is 1. The number of nitrogens with two attached hydrogens (primary N) is 1. The predicted molar refractivity (Wildman–Crippen MR) is 40.6 cm³/mol. The van der Waals surface area contributed by atoms with Crippen molar-refractivity contribution in [3.8, 4) is 0 Å². The molecule has 10 heavy (non-hydrogen) atoms. The van der Waals surface area contributed by atoms with Crippen LogP contribution >= 0.6 is 11.6 Å². The summed E-state index contributed by atoms with van der Waals surface area (Å²) in [5, 5.41) is -0.221. The molecular weight excluding hydrogens is 154 g/mol. The molecule has 0 heterocycles. The highest BCUT2D eigenvalue weighted by molar-refractivity contribution is 6.63. The van der Waals surface area contributed by atoms with Crippen molar-refractivity contribution in [1.82, 2.24) is 0 Å². The Hall–Kier alpha value is -0.570. The predicted octanol–water partition coefficient (Wildman–Crippen LogP) is 1.04. The maximum Gasteiger partial charge on any atom is 0.221 e. The third kappa shape index (κ3) is 26.1. The molecule has 0 saturated carbocycles. The minimum atomic E-state index is -0.221. The average Bonchev–Trinajstić information content (AvgIpc) is 1.85. The van der Waals surface area contributed by atoms with E-state index < -0.39 is 0 Å². The van der Waals surface area contributed by atoms with E-state index in [4.69, 9.17) is 16.4 Å². The molecule has 0 aromatic heterocycles. The zero-order chi connectivity index (χ0) is 8.41. The maximum absolute atomic E-state index is 9.97. The highest BCUT2D eigenvalue weighted by Gasteiger charge is 1.90. The molecule has 4 heteroatoms. The fraction of sp³-hybridized carbons (Fsp3) is 0.667. The molecule has 0 aliphatic carbocycles. The Morgan fingerprint density at radius 3 is 2.20 bits per heavy atom. The summed E-state index contributed by atoms with van der Waals surface area (Å²) >= 11 is 5.02. The van der Waals surface area contributed by atoms with Crippen molar-refractivity contribution in [3.05, 3.63) is 0 Å². The third-order valence-corrected chi connectivity index (χ3v) is 0.916. The summed E-state index contributed by atoms with van der Waals surface area (Å²) in [6.45, 7) is 2.03. The Labute approximate surface area is 65.5 Å². The summed E-state index contributed by atoms with van der Waals surface area (Å²) in [4.78, 5) is 18.6. The SMILES string of the molecule is CCCCC(=O)Cl.NC=O. The van der Waals surface area contributed by atoms with E-state index in [1.165, 1.54) is 0 Å². The lowest BCUT2D eigenvalue weighted by Gasteiger charge is -1.84. The van der Waals surface area contributed by atoms with Gasteiger partial charge in [0.05, 0.1) is 0 Å². The van der Waals surface area contributed by atoms with Crippen LogP contribution in [0.2, 0.25) is 0 Å². The monoisotopic (exact) mass is 165 g/mol. The van der Waals surface area contributed by atoms with Crippen LogP contribution in [-0.2, 0) is 9.59 Å². The van der Waals surface area contributed by atoms with Crippen molar-refractivity contribution in [2.45, 2.75) is 26.2 Å². The molecular formula is C6H12ClNO2. The number of primary amides is 1. The smallest absolute Gasteiger partial charge is 0.221 e. The van der Waals surface area contributed by atoms with Crippen LogP contribution in [0, 0.1) is 0 Å². The van der Waals surface area contributed by atoms with Gasteiger partial charge in [0.25, 0.3) is 0 Å². The Morgan fingerprint density at radius 2 is 2.10 bits per heavy atom. The molecule has 2 N–H and O–H groups in total. The number of carbonyl (C=O) groups is 2. The van der Waals surface area contributed by atoms with Gasteiger partial charge >= 0.3 is 0 Å². The quantitative estimate of drug-likeness (QED) is 0.502. The van der Waals surface area contributed by atoms with E-state index in [0.29, 0.717) is 6.42 Å². The first-order chi connectivity index (χ1) is 4.68. The van der Waals surface area contributed by atoms with Gasteiger partial charge in [-0.25, -0.2) is 0 Å². The average molecular weight is 166 g/mol. The van der Waals surface area contributed by atoms with Crippen LogP contribution in [0.15, 0.2) is 0 Å². The van der Waals surface area contributed by atoms with Crippen molar-refractivity contribution in [2.75, 3.05) is 0 Å². The van der Waals surface area contributed by atoms with Crippen molar-refractivity contribution in [2.24, 2.45) is 5.73 Å². The lowest BCUT2D eigenvalue weighted by atomic mass is 10.3. The van der Waals surface area contributed by atoms with E-state index in [-0.39, 0.29) is 11.7 Å². The molecule has 60 valence electrons. The van der Waals surface area contributed by atoms with Crippen molar-refractivity contribution < 1.29 is 9.59 Å². The zero-order valence-corrected chi connectivity index (χ0v) is 6.73. The van der Waals surface area contributed by atoms with Gasteiger partial charge in [-0.05, 0) is 18.0 Å². The summed E-state index contributed by atoms with van der Waals surface area (Å²) in [5.41, 5.74) is 4.17. The van der Waals surface area contributed by atoms with Crippen LogP contribution in [0.25, 0.3) is 0 Å². The van der Waals surface area contributed by atoms with Gasteiger partial charge in [0, 0.05) is 6.42 Å². The summed E-state index contributed by atoms with van der Waals surface area (Å²) in [6.07, 6.45) is 2.73. The molecule has 1 amide bonds. The molecule has 0 spiro atoms. The third-order valence-electron chi connectivity index (χ3n) is 0.727. The number of carbonyl (C=O) groups excluding carboxylic acids is 2. The Bertz CT molecular complexity index is 95.7. The zero-order valence-electron chi connectivity index (χ0n) is 5.97. The van der Waals surface area contributed by atoms with E-state index in [1.54, 1.807) is 0 Å². The van der Waals surface area contributed by atoms with Gasteiger partial charge in [-0.3, -0.25) is 9.59 Å². The van der Waals surface area contributed by atoms with Gasteiger partial charge < -0.3 is 5.73 Å².